The minimum absolute atomic E-state index is 0.0793. The summed E-state index contributed by atoms with van der Waals surface area (Å²) in [4.78, 5) is 20.5. The van der Waals surface area contributed by atoms with Gasteiger partial charge in [-0.25, -0.2) is 4.98 Å². The number of rotatable bonds is 5. The lowest BCUT2D eigenvalue weighted by atomic mass is 10.00. The molecule has 0 N–H and O–H groups in total. The third-order valence-electron chi connectivity index (χ3n) is 4.68. The summed E-state index contributed by atoms with van der Waals surface area (Å²) in [6.07, 6.45) is 2.70. The molecule has 140 valence electrons. The molecular weight excluding hydrogens is 392 g/mol. The predicted octanol–water partition coefficient (Wildman–Crippen LogP) is 5.50. The second-order valence-electron chi connectivity index (χ2n) is 7.28. The summed E-state index contributed by atoms with van der Waals surface area (Å²) in [5.41, 5.74) is 2.52. The van der Waals surface area contributed by atoms with Gasteiger partial charge in [0.25, 0.3) is 5.56 Å². The first-order valence-electron chi connectivity index (χ1n) is 8.95. The quantitative estimate of drug-likeness (QED) is 0.313. The molecule has 0 saturated carbocycles. The molecule has 0 amide bonds. The Morgan fingerprint density at radius 3 is 2.85 bits per heavy atom. The maximum absolute atomic E-state index is 13.4. The largest absolute Gasteiger partial charge is 0.283 e. The fourth-order valence-electron chi connectivity index (χ4n) is 3.33. The zero-order valence-electron chi connectivity index (χ0n) is 15.5. The highest BCUT2D eigenvalue weighted by atomic mass is 32.2. The topological polar surface area (TPSA) is 34.9 Å². The van der Waals surface area contributed by atoms with Crippen LogP contribution < -0.4 is 5.56 Å². The van der Waals surface area contributed by atoms with Crippen LogP contribution in [0.4, 0.5) is 0 Å². The Bertz CT molecular complexity index is 1050. The fourth-order valence-corrected chi connectivity index (χ4v) is 6.68. The van der Waals surface area contributed by atoms with Crippen molar-refractivity contribution in [2.75, 3.05) is 0 Å². The van der Waals surface area contributed by atoms with E-state index in [2.05, 4.69) is 32.6 Å². The molecule has 0 atom stereocenters. The second-order valence-corrected chi connectivity index (χ2v) is 11.0. The molecule has 4 rings (SSSR count). The molecule has 2 aromatic heterocycles. The SMILES string of the molecule is C=CCn1c(SCc2ccccc2)nc2sc3c(c2c1=O)CC(C)(C)SC3. The summed E-state index contributed by atoms with van der Waals surface area (Å²) in [6, 6.07) is 10.3. The smallest absolute Gasteiger partial charge is 0.263 e. The van der Waals surface area contributed by atoms with E-state index < -0.39 is 0 Å². The van der Waals surface area contributed by atoms with E-state index in [-0.39, 0.29) is 10.3 Å². The van der Waals surface area contributed by atoms with Gasteiger partial charge in [0.2, 0.25) is 0 Å². The number of thiophene rings is 1. The van der Waals surface area contributed by atoms with Gasteiger partial charge in [0.05, 0.1) is 5.39 Å². The molecule has 0 saturated heterocycles. The van der Waals surface area contributed by atoms with Crippen LogP contribution in [0.3, 0.4) is 0 Å². The summed E-state index contributed by atoms with van der Waals surface area (Å²) in [6.45, 7) is 8.83. The van der Waals surface area contributed by atoms with Crippen molar-refractivity contribution < 1.29 is 0 Å². The van der Waals surface area contributed by atoms with Gasteiger partial charge in [-0.1, -0.05) is 62.0 Å². The maximum Gasteiger partial charge on any atom is 0.263 e. The van der Waals surface area contributed by atoms with Gasteiger partial charge >= 0.3 is 0 Å². The number of benzene rings is 1. The van der Waals surface area contributed by atoms with Crippen LogP contribution in [0, 0.1) is 0 Å². The molecule has 0 bridgehead atoms. The lowest BCUT2D eigenvalue weighted by Crippen LogP contribution is -2.26. The van der Waals surface area contributed by atoms with Gasteiger partial charge in [-0.15, -0.1) is 29.7 Å². The summed E-state index contributed by atoms with van der Waals surface area (Å²) < 4.78 is 1.95. The first kappa shape index (κ1) is 18.8. The lowest BCUT2D eigenvalue weighted by molar-refractivity contribution is 0.668. The minimum Gasteiger partial charge on any atom is -0.283 e. The highest BCUT2D eigenvalue weighted by Crippen LogP contribution is 2.44. The van der Waals surface area contributed by atoms with Crippen molar-refractivity contribution in [1.29, 1.82) is 0 Å². The van der Waals surface area contributed by atoms with Crippen molar-refractivity contribution in [3.8, 4) is 0 Å². The van der Waals surface area contributed by atoms with Gasteiger partial charge in [0, 0.05) is 27.7 Å². The Kier molecular flexibility index (Phi) is 5.23. The predicted molar refractivity (Wildman–Crippen MR) is 119 cm³/mol. The molecule has 0 spiro atoms. The van der Waals surface area contributed by atoms with Gasteiger partial charge < -0.3 is 0 Å². The minimum atomic E-state index is 0.0793. The highest BCUT2D eigenvalue weighted by Gasteiger charge is 2.31. The summed E-state index contributed by atoms with van der Waals surface area (Å²) in [5, 5.41) is 1.61. The van der Waals surface area contributed by atoms with Crippen LogP contribution in [0.2, 0.25) is 0 Å². The van der Waals surface area contributed by atoms with Crippen molar-refractivity contribution in [2.24, 2.45) is 0 Å². The van der Waals surface area contributed by atoms with E-state index in [0.29, 0.717) is 6.54 Å². The Morgan fingerprint density at radius 2 is 2.11 bits per heavy atom. The zero-order chi connectivity index (χ0) is 19.0. The van der Waals surface area contributed by atoms with E-state index in [0.717, 1.165) is 33.3 Å². The van der Waals surface area contributed by atoms with E-state index in [1.165, 1.54) is 16.0 Å². The van der Waals surface area contributed by atoms with Crippen molar-refractivity contribution >= 4 is 45.1 Å². The van der Waals surface area contributed by atoms with E-state index in [1.54, 1.807) is 33.7 Å². The summed E-state index contributed by atoms with van der Waals surface area (Å²) >= 11 is 5.28. The van der Waals surface area contributed by atoms with E-state index >= 15 is 0 Å². The van der Waals surface area contributed by atoms with Gasteiger partial charge in [-0.05, 0) is 17.5 Å². The van der Waals surface area contributed by atoms with Crippen LogP contribution in [0.5, 0.6) is 0 Å². The van der Waals surface area contributed by atoms with Gasteiger partial charge in [-0.3, -0.25) is 9.36 Å². The molecular formula is C21H22N2OS3. The number of hydrogen-bond acceptors (Lipinski definition) is 5. The molecule has 0 unspecified atom stereocenters. The average molecular weight is 415 g/mol. The van der Waals surface area contributed by atoms with E-state index in [9.17, 15) is 4.79 Å². The van der Waals surface area contributed by atoms with Crippen LogP contribution in [0.1, 0.15) is 29.9 Å². The van der Waals surface area contributed by atoms with Gasteiger partial charge in [-0.2, -0.15) is 0 Å². The van der Waals surface area contributed by atoms with Crippen molar-refractivity contribution in [3.05, 3.63) is 69.3 Å². The van der Waals surface area contributed by atoms with Crippen molar-refractivity contribution in [3.63, 3.8) is 0 Å². The monoisotopic (exact) mass is 414 g/mol. The van der Waals surface area contributed by atoms with Crippen LogP contribution >= 0.6 is 34.9 Å². The number of hydrogen-bond donors (Lipinski definition) is 0. The molecule has 0 aliphatic carbocycles. The molecule has 1 aromatic carbocycles. The summed E-state index contributed by atoms with van der Waals surface area (Å²) in [7, 11) is 0. The third-order valence-corrected chi connectivity index (χ3v) is 8.39. The molecule has 1 aliphatic rings. The lowest BCUT2D eigenvalue weighted by Gasteiger charge is -2.28. The van der Waals surface area contributed by atoms with E-state index in [4.69, 9.17) is 4.98 Å². The average Bonchev–Trinajstić information content (AvgIpc) is 3.00. The molecule has 6 heteroatoms. The normalized spacial score (nSPS) is 15.6. The van der Waals surface area contributed by atoms with Gasteiger partial charge in [0.15, 0.2) is 5.16 Å². The van der Waals surface area contributed by atoms with Crippen molar-refractivity contribution in [2.45, 2.75) is 48.2 Å². The number of allylic oxidation sites excluding steroid dienone is 1. The third kappa shape index (κ3) is 3.75. The molecule has 3 heterocycles. The molecule has 1 aliphatic heterocycles. The van der Waals surface area contributed by atoms with Crippen LogP contribution in [-0.2, 0) is 24.5 Å². The number of aromatic nitrogens is 2. The zero-order valence-corrected chi connectivity index (χ0v) is 18.0. The molecule has 3 nitrogen and oxygen atoms in total. The number of nitrogens with zero attached hydrogens (tertiary/aromatic N) is 2. The Morgan fingerprint density at radius 1 is 1.33 bits per heavy atom. The number of thioether (sulfide) groups is 2. The highest BCUT2D eigenvalue weighted by molar-refractivity contribution is 8.00. The Labute approximate surface area is 171 Å². The standard InChI is InChI=1S/C21H22N2OS3/c1-4-10-23-19(24)17-15-11-21(2,3)26-13-16(15)27-18(17)22-20(23)25-12-14-8-6-5-7-9-14/h4-9H,1,10-13H2,2-3H3. The summed E-state index contributed by atoms with van der Waals surface area (Å²) in [5.74, 6) is 1.76. The van der Waals surface area contributed by atoms with Crippen LogP contribution in [0.25, 0.3) is 10.2 Å². The Balaban J connectivity index is 1.79. The molecule has 27 heavy (non-hydrogen) atoms. The Hall–Kier alpha value is -1.50. The fraction of sp³-hybridized carbons (Fsp3) is 0.333. The van der Waals surface area contributed by atoms with E-state index in [1.807, 2.05) is 30.0 Å². The van der Waals surface area contributed by atoms with Crippen molar-refractivity contribution in [1.82, 2.24) is 9.55 Å². The first-order chi connectivity index (χ1) is 13.0. The van der Waals surface area contributed by atoms with Crippen LogP contribution in [0.15, 0.2) is 52.9 Å². The first-order valence-corrected chi connectivity index (χ1v) is 11.7. The van der Waals surface area contributed by atoms with Gasteiger partial charge in [0.1, 0.15) is 4.83 Å². The second kappa shape index (κ2) is 7.49. The number of fused-ring (bicyclic) bond motifs is 3. The van der Waals surface area contributed by atoms with Crippen LogP contribution in [-0.4, -0.2) is 14.3 Å². The maximum atomic E-state index is 13.4. The molecule has 3 aromatic rings. The molecule has 0 fully saturated rings. The molecule has 0 radical (unpaired) electrons.